The zero-order valence-corrected chi connectivity index (χ0v) is 26.1. The lowest BCUT2D eigenvalue weighted by Gasteiger charge is -2.30. The van der Waals surface area contributed by atoms with Crippen LogP contribution >= 0.6 is 11.3 Å². The molecule has 2 aliphatic rings. The summed E-state index contributed by atoms with van der Waals surface area (Å²) in [6, 6.07) is 17.3. The molecule has 4 aromatic rings. The van der Waals surface area contributed by atoms with E-state index in [1.807, 2.05) is 61.5 Å². The topological polar surface area (TPSA) is 98.8 Å². The van der Waals surface area contributed by atoms with Gasteiger partial charge in [0.15, 0.2) is 0 Å². The number of pyridine rings is 1. The maximum absolute atomic E-state index is 13.6. The molecule has 228 valence electrons. The van der Waals surface area contributed by atoms with Crippen LogP contribution in [0.2, 0.25) is 0 Å². The van der Waals surface area contributed by atoms with E-state index in [0.29, 0.717) is 32.9 Å². The molecule has 1 saturated carbocycles. The average Bonchev–Trinajstić information content (AvgIpc) is 3.38. The number of ether oxygens (including phenoxy) is 1. The van der Waals surface area contributed by atoms with Gasteiger partial charge >= 0.3 is 6.03 Å². The third-order valence-corrected chi connectivity index (χ3v) is 9.16. The lowest BCUT2D eigenvalue weighted by atomic mass is 9.91. The van der Waals surface area contributed by atoms with Crippen molar-refractivity contribution in [3.8, 4) is 11.5 Å². The minimum atomic E-state index is -0.316. The zero-order valence-electron chi connectivity index (χ0n) is 25.3. The SMILES string of the molecule is Cc1cc(Oc2ccccc2)ccc1N1C(=O)Nc2c(C(=O)NC3CCC(NC/C=C/CN(C)C)CC3)sc3nccc1c23. The Morgan fingerprint density at radius 1 is 1.05 bits per heavy atom. The van der Waals surface area contributed by atoms with Crippen molar-refractivity contribution in [2.75, 3.05) is 37.4 Å². The van der Waals surface area contributed by atoms with E-state index in [2.05, 4.69) is 52.1 Å². The molecule has 0 unspecified atom stereocenters. The van der Waals surface area contributed by atoms with Gasteiger partial charge in [-0.05, 0) is 88.7 Å². The van der Waals surface area contributed by atoms with E-state index in [9.17, 15) is 9.59 Å². The molecule has 1 aliphatic carbocycles. The number of carbonyl (C=O) groups is 2. The molecular weight excluding hydrogens is 572 g/mol. The van der Waals surface area contributed by atoms with Crippen molar-refractivity contribution < 1.29 is 14.3 Å². The Labute approximate surface area is 261 Å². The van der Waals surface area contributed by atoms with Gasteiger partial charge in [-0.15, -0.1) is 11.3 Å². The molecule has 0 saturated heterocycles. The number of thiophene rings is 1. The Morgan fingerprint density at radius 2 is 1.82 bits per heavy atom. The van der Waals surface area contributed by atoms with Gasteiger partial charge < -0.3 is 25.6 Å². The van der Waals surface area contributed by atoms with Crippen LogP contribution in [-0.2, 0) is 0 Å². The van der Waals surface area contributed by atoms with Crippen molar-refractivity contribution >= 4 is 50.6 Å². The minimum Gasteiger partial charge on any atom is -0.457 e. The van der Waals surface area contributed by atoms with E-state index in [0.717, 1.165) is 61.2 Å². The highest BCUT2D eigenvalue weighted by Crippen LogP contribution is 2.46. The van der Waals surface area contributed by atoms with Crippen molar-refractivity contribution in [1.82, 2.24) is 20.5 Å². The highest BCUT2D eigenvalue weighted by molar-refractivity contribution is 7.21. The van der Waals surface area contributed by atoms with Gasteiger partial charge in [-0.3, -0.25) is 9.69 Å². The molecule has 2 aromatic heterocycles. The number of amides is 3. The Balaban J connectivity index is 1.15. The Hall–Kier alpha value is -4.25. The number of hydrogen-bond acceptors (Lipinski definition) is 7. The van der Waals surface area contributed by atoms with E-state index < -0.39 is 0 Å². The van der Waals surface area contributed by atoms with Crippen LogP contribution in [0.25, 0.3) is 10.2 Å². The summed E-state index contributed by atoms with van der Waals surface area (Å²) in [6.45, 7) is 3.75. The Kier molecular flexibility index (Phi) is 8.92. The van der Waals surface area contributed by atoms with Crippen LogP contribution in [0.4, 0.5) is 21.9 Å². The number of nitrogens with zero attached hydrogens (tertiary/aromatic N) is 3. The summed E-state index contributed by atoms with van der Waals surface area (Å²) in [7, 11) is 4.12. The van der Waals surface area contributed by atoms with E-state index in [1.165, 1.54) is 11.3 Å². The summed E-state index contributed by atoms with van der Waals surface area (Å²) in [5.74, 6) is 1.27. The summed E-state index contributed by atoms with van der Waals surface area (Å²) < 4.78 is 5.99. The monoisotopic (exact) mass is 610 g/mol. The summed E-state index contributed by atoms with van der Waals surface area (Å²) in [4.78, 5) is 36.7. The first-order valence-electron chi connectivity index (χ1n) is 15.1. The van der Waals surface area contributed by atoms with Gasteiger partial charge in [-0.25, -0.2) is 9.78 Å². The van der Waals surface area contributed by atoms with Gasteiger partial charge in [-0.1, -0.05) is 30.4 Å². The number of carbonyl (C=O) groups excluding carboxylic acids is 2. The number of aryl methyl sites for hydroxylation is 1. The van der Waals surface area contributed by atoms with Crippen molar-refractivity contribution in [2.24, 2.45) is 0 Å². The summed E-state index contributed by atoms with van der Waals surface area (Å²) in [5, 5.41) is 10.6. The van der Waals surface area contributed by atoms with Gasteiger partial charge in [0.05, 0.1) is 22.4 Å². The van der Waals surface area contributed by atoms with Crippen LogP contribution < -0.4 is 25.6 Å². The number of nitrogens with one attached hydrogen (secondary N) is 3. The van der Waals surface area contributed by atoms with Crippen molar-refractivity contribution in [2.45, 2.75) is 44.7 Å². The molecule has 1 aliphatic heterocycles. The van der Waals surface area contributed by atoms with E-state index in [4.69, 9.17) is 4.74 Å². The van der Waals surface area contributed by atoms with Crippen molar-refractivity contribution in [3.63, 3.8) is 0 Å². The largest absolute Gasteiger partial charge is 0.457 e. The van der Waals surface area contributed by atoms with Crippen LogP contribution in [0.1, 0.15) is 40.9 Å². The van der Waals surface area contributed by atoms with Crippen LogP contribution in [-0.4, -0.2) is 61.1 Å². The maximum atomic E-state index is 13.6. The van der Waals surface area contributed by atoms with E-state index >= 15 is 0 Å². The number of para-hydroxylation sites is 1. The van der Waals surface area contributed by atoms with Crippen LogP contribution in [0.15, 0.2) is 72.9 Å². The number of anilines is 3. The molecule has 9 nitrogen and oxygen atoms in total. The predicted octanol–water partition coefficient (Wildman–Crippen LogP) is 6.83. The fourth-order valence-electron chi connectivity index (χ4n) is 5.85. The van der Waals surface area contributed by atoms with Crippen LogP contribution in [0.5, 0.6) is 11.5 Å². The second-order valence-corrected chi connectivity index (χ2v) is 12.6. The normalized spacial score (nSPS) is 18.2. The Morgan fingerprint density at radius 3 is 2.57 bits per heavy atom. The molecule has 6 rings (SSSR count). The number of aromatic nitrogens is 1. The molecule has 3 N–H and O–H groups in total. The molecule has 0 bridgehead atoms. The molecule has 1 fully saturated rings. The first-order chi connectivity index (χ1) is 21.4. The quantitative estimate of drug-likeness (QED) is 0.170. The standard InChI is InChI=1S/C34H38N6O3S/c1-22-21-26(43-25-9-5-4-6-10-25)15-16-27(22)40-28-17-19-36-33-29(28)30(38-34(40)42)31(44-33)32(41)37-24-13-11-23(12-14-24)35-18-7-8-20-39(2)3/h4-10,15-17,19,21,23-24,35H,11-14,18,20H2,1-3H3,(H,37,41)(H,38,42)/b8-7+. The second kappa shape index (κ2) is 13.2. The van der Waals surface area contributed by atoms with E-state index in [1.54, 1.807) is 11.1 Å². The lowest BCUT2D eigenvalue weighted by molar-refractivity contribution is 0.0929. The molecule has 44 heavy (non-hydrogen) atoms. The highest BCUT2D eigenvalue weighted by Gasteiger charge is 2.34. The predicted molar refractivity (Wildman–Crippen MR) is 178 cm³/mol. The summed E-state index contributed by atoms with van der Waals surface area (Å²) in [6.07, 6.45) is 9.89. The second-order valence-electron chi connectivity index (χ2n) is 11.6. The smallest absolute Gasteiger partial charge is 0.331 e. The third-order valence-electron chi connectivity index (χ3n) is 8.06. The highest BCUT2D eigenvalue weighted by atomic mass is 32.1. The first kappa shape index (κ1) is 29.8. The van der Waals surface area contributed by atoms with Crippen LogP contribution in [0, 0.1) is 6.92 Å². The molecule has 3 amide bonds. The molecular formula is C34H38N6O3S. The fraction of sp³-hybridized carbons (Fsp3) is 0.324. The number of benzene rings is 2. The zero-order chi connectivity index (χ0) is 30.6. The molecule has 0 spiro atoms. The molecule has 3 heterocycles. The fourth-order valence-corrected chi connectivity index (χ4v) is 6.87. The van der Waals surface area contributed by atoms with Gasteiger partial charge in [0.2, 0.25) is 0 Å². The van der Waals surface area contributed by atoms with Crippen molar-refractivity contribution in [1.29, 1.82) is 0 Å². The van der Waals surface area contributed by atoms with E-state index in [-0.39, 0.29) is 18.0 Å². The third kappa shape index (κ3) is 6.47. The minimum absolute atomic E-state index is 0.102. The van der Waals surface area contributed by atoms with Gasteiger partial charge in [0.1, 0.15) is 21.2 Å². The van der Waals surface area contributed by atoms with Gasteiger partial charge in [0.25, 0.3) is 5.91 Å². The van der Waals surface area contributed by atoms with Gasteiger partial charge in [-0.2, -0.15) is 0 Å². The van der Waals surface area contributed by atoms with Crippen molar-refractivity contribution in [3.05, 3.63) is 83.4 Å². The lowest BCUT2D eigenvalue weighted by Crippen LogP contribution is -2.42. The Bertz CT molecular complexity index is 1680. The molecule has 0 atom stereocenters. The maximum Gasteiger partial charge on any atom is 0.331 e. The van der Waals surface area contributed by atoms with Crippen LogP contribution in [0.3, 0.4) is 0 Å². The van der Waals surface area contributed by atoms with Gasteiger partial charge in [0, 0.05) is 31.4 Å². The summed E-state index contributed by atoms with van der Waals surface area (Å²) >= 11 is 1.32. The number of urea groups is 1. The number of rotatable bonds is 10. The number of hydrogen-bond donors (Lipinski definition) is 3. The number of likely N-dealkylation sites (N-methyl/N-ethyl adjacent to an activating group) is 1. The summed E-state index contributed by atoms with van der Waals surface area (Å²) in [5.41, 5.74) is 2.85. The first-order valence-corrected chi connectivity index (χ1v) is 15.9. The molecule has 2 aromatic carbocycles. The molecule has 10 heteroatoms. The molecule has 0 radical (unpaired) electrons. The average molecular weight is 611 g/mol.